The van der Waals surface area contributed by atoms with E-state index in [2.05, 4.69) is 27.8 Å². The van der Waals surface area contributed by atoms with E-state index in [1.54, 1.807) is 55.5 Å². The highest BCUT2D eigenvalue weighted by Crippen LogP contribution is 2.33. The van der Waals surface area contributed by atoms with Crippen molar-refractivity contribution in [1.82, 2.24) is 0 Å². The number of anilines is 1. The van der Waals surface area contributed by atoms with E-state index in [-0.39, 0.29) is 5.91 Å². The molecule has 0 saturated heterocycles. The Labute approximate surface area is 168 Å². The summed E-state index contributed by atoms with van der Waals surface area (Å²) in [6, 6.07) is 6.56. The Balaban J connectivity index is 3.21. The minimum absolute atomic E-state index is 0.118. The molecule has 1 aromatic rings. The Hall–Kier alpha value is -2.18. The van der Waals surface area contributed by atoms with Gasteiger partial charge in [-0.3, -0.25) is 4.79 Å². The summed E-state index contributed by atoms with van der Waals surface area (Å²) in [5.74, 6) is -0.933. The summed E-state index contributed by atoms with van der Waals surface area (Å²) < 4.78 is 4.84. The number of nitrogens with one attached hydrogen (secondary N) is 1. The number of ether oxygens (including phenoxy) is 1. The number of carbonyl (C=O) groups excluding carboxylic acids is 2. The van der Waals surface area contributed by atoms with E-state index in [0.29, 0.717) is 23.2 Å². The third kappa shape index (κ3) is 6.19. The third-order valence-corrected chi connectivity index (χ3v) is 4.53. The molecule has 0 fully saturated rings. The van der Waals surface area contributed by atoms with Crippen LogP contribution in [0.1, 0.15) is 31.7 Å². The highest BCUT2D eigenvalue weighted by atomic mass is 79.9. The molecular weight excluding hydrogens is 410 g/mol. The number of allylic oxidation sites excluding steroid dienone is 3. The summed E-state index contributed by atoms with van der Waals surface area (Å²) in [7, 11) is 1.22. The quantitative estimate of drug-likeness (QED) is 0.249. The monoisotopic (exact) mass is 435 g/mol. The molecule has 1 unspecified atom stereocenters. The van der Waals surface area contributed by atoms with Gasteiger partial charge >= 0.3 is 5.97 Å². The topological polar surface area (TPSA) is 75.6 Å². The maximum atomic E-state index is 12.4. The average molecular weight is 436 g/mol. The van der Waals surface area contributed by atoms with Gasteiger partial charge in [0.2, 0.25) is 11.5 Å². The molecule has 0 heterocycles. The number of methoxy groups -OCH3 is 1. The second-order valence-electron chi connectivity index (χ2n) is 5.82. The van der Waals surface area contributed by atoms with Crippen LogP contribution in [0.2, 0.25) is 0 Å². The molecule has 1 amide bonds. The lowest BCUT2D eigenvalue weighted by Crippen LogP contribution is -2.38. The van der Waals surface area contributed by atoms with Crippen molar-refractivity contribution in [3.05, 3.63) is 66.3 Å². The van der Waals surface area contributed by atoms with Crippen LogP contribution in [-0.2, 0) is 19.9 Å². The zero-order valence-electron chi connectivity index (χ0n) is 15.7. The van der Waals surface area contributed by atoms with Crippen LogP contribution in [0.15, 0.2) is 60.7 Å². The van der Waals surface area contributed by atoms with Crippen LogP contribution in [0, 0.1) is 0 Å². The predicted molar refractivity (Wildman–Crippen MR) is 112 cm³/mol. The van der Waals surface area contributed by atoms with Gasteiger partial charge in [-0.15, -0.1) is 0 Å². The highest BCUT2D eigenvalue weighted by molar-refractivity contribution is 9.09. The van der Waals surface area contributed by atoms with Crippen molar-refractivity contribution in [2.45, 2.75) is 31.8 Å². The molecule has 0 aliphatic carbocycles. The lowest BCUT2D eigenvalue weighted by Gasteiger charge is -2.27. The van der Waals surface area contributed by atoms with Crippen LogP contribution in [-0.4, -0.2) is 29.4 Å². The van der Waals surface area contributed by atoms with Crippen LogP contribution in [0.5, 0.6) is 0 Å². The predicted octanol–water partition coefficient (Wildman–Crippen LogP) is 4.24. The molecule has 2 N–H and O–H groups in total. The number of unbranched alkanes of at least 4 members (excludes halogenated alkanes) is 1. The van der Waals surface area contributed by atoms with Crippen molar-refractivity contribution < 1.29 is 19.4 Å². The first-order valence-corrected chi connectivity index (χ1v) is 9.79. The summed E-state index contributed by atoms with van der Waals surface area (Å²) in [6.45, 7) is 5.32. The number of alkyl halides is 1. The number of halogens is 1. The molecular formula is C21H26BrNO4. The number of rotatable bonds is 10. The molecule has 5 nitrogen and oxygen atoms in total. The number of benzene rings is 1. The van der Waals surface area contributed by atoms with Gasteiger partial charge in [-0.05, 0) is 37.5 Å². The second kappa shape index (κ2) is 11.5. The number of esters is 1. The molecule has 1 aromatic carbocycles. The molecule has 0 aliphatic heterocycles. The molecule has 27 heavy (non-hydrogen) atoms. The summed E-state index contributed by atoms with van der Waals surface area (Å²) in [5.41, 5.74) is -0.856. The molecule has 0 spiro atoms. The molecule has 0 bridgehead atoms. The lowest BCUT2D eigenvalue weighted by atomic mass is 9.85. The first kappa shape index (κ1) is 22.9. The molecule has 6 heteroatoms. The van der Waals surface area contributed by atoms with Gasteiger partial charge in [0.1, 0.15) is 0 Å². The zero-order valence-corrected chi connectivity index (χ0v) is 17.3. The van der Waals surface area contributed by atoms with Crippen LogP contribution in [0.25, 0.3) is 0 Å². The summed E-state index contributed by atoms with van der Waals surface area (Å²) in [4.78, 5) is 24.5. The molecule has 0 radical (unpaired) electrons. The fourth-order valence-electron chi connectivity index (χ4n) is 2.57. The SMILES string of the molecule is C=C/C=C\C(=C/C)C(O)(C(=O)OC)c1cccc(NC(=O)CCCCBr)c1. The molecule has 1 rings (SSSR count). The Morgan fingerprint density at radius 3 is 2.70 bits per heavy atom. The van der Waals surface area contributed by atoms with Crippen molar-refractivity contribution >= 4 is 33.5 Å². The van der Waals surface area contributed by atoms with Gasteiger partial charge in [-0.25, -0.2) is 4.79 Å². The van der Waals surface area contributed by atoms with E-state index < -0.39 is 11.6 Å². The lowest BCUT2D eigenvalue weighted by molar-refractivity contribution is -0.159. The van der Waals surface area contributed by atoms with E-state index in [9.17, 15) is 14.7 Å². The van der Waals surface area contributed by atoms with Crippen LogP contribution in [0.3, 0.4) is 0 Å². The number of carbonyl (C=O) groups is 2. The first-order chi connectivity index (χ1) is 12.9. The van der Waals surface area contributed by atoms with Crippen LogP contribution in [0.4, 0.5) is 5.69 Å². The molecule has 0 saturated carbocycles. The number of aliphatic hydroxyl groups is 1. The molecule has 0 aromatic heterocycles. The second-order valence-corrected chi connectivity index (χ2v) is 6.61. The van der Waals surface area contributed by atoms with Gasteiger partial charge in [0.15, 0.2) is 0 Å². The minimum Gasteiger partial charge on any atom is -0.466 e. The van der Waals surface area contributed by atoms with Crippen molar-refractivity contribution in [1.29, 1.82) is 0 Å². The summed E-state index contributed by atoms with van der Waals surface area (Å²) in [6.07, 6.45) is 8.48. The smallest absolute Gasteiger partial charge is 0.347 e. The summed E-state index contributed by atoms with van der Waals surface area (Å²) >= 11 is 3.34. The molecule has 0 aliphatic rings. The van der Waals surface area contributed by atoms with E-state index >= 15 is 0 Å². The van der Waals surface area contributed by atoms with Gasteiger partial charge in [0, 0.05) is 23.0 Å². The van der Waals surface area contributed by atoms with Gasteiger partial charge in [0.05, 0.1) is 7.11 Å². The largest absolute Gasteiger partial charge is 0.466 e. The number of hydrogen-bond donors (Lipinski definition) is 2. The van der Waals surface area contributed by atoms with Crippen molar-refractivity contribution in [3.8, 4) is 0 Å². The van der Waals surface area contributed by atoms with E-state index in [1.807, 2.05) is 0 Å². The third-order valence-electron chi connectivity index (χ3n) is 3.97. The highest BCUT2D eigenvalue weighted by Gasteiger charge is 2.42. The normalized spacial score (nSPS) is 13.9. The zero-order chi connectivity index (χ0) is 20.3. The van der Waals surface area contributed by atoms with Crippen molar-refractivity contribution in [2.75, 3.05) is 17.8 Å². The Bertz CT molecular complexity index is 727. The van der Waals surface area contributed by atoms with Crippen LogP contribution >= 0.6 is 15.9 Å². The van der Waals surface area contributed by atoms with E-state index in [1.165, 1.54) is 7.11 Å². The molecule has 1 atom stereocenters. The maximum absolute atomic E-state index is 12.4. The first-order valence-electron chi connectivity index (χ1n) is 8.67. The summed E-state index contributed by atoms with van der Waals surface area (Å²) in [5, 5.41) is 14.9. The minimum atomic E-state index is -2.00. The van der Waals surface area contributed by atoms with Crippen molar-refractivity contribution in [2.24, 2.45) is 0 Å². The van der Waals surface area contributed by atoms with Crippen LogP contribution < -0.4 is 5.32 Å². The maximum Gasteiger partial charge on any atom is 0.347 e. The molecule has 146 valence electrons. The average Bonchev–Trinajstić information content (AvgIpc) is 2.68. The van der Waals surface area contributed by atoms with Gasteiger partial charge in [0.25, 0.3) is 0 Å². The Morgan fingerprint density at radius 1 is 1.37 bits per heavy atom. The van der Waals surface area contributed by atoms with E-state index in [0.717, 1.165) is 18.2 Å². The number of amides is 1. The van der Waals surface area contributed by atoms with Gasteiger partial charge < -0.3 is 15.2 Å². The Morgan fingerprint density at radius 2 is 2.11 bits per heavy atom. The number of hydrogen-bond acceptors (Lipinski definition) is 4. The van der Waals surface area contributed by atoms with Gasteiger partial charge in [-0.2, -0.15) is 0 Å². The fraction of sp³-hybridized carbons (Fsp3) is 0.333. The van der Waals surface area contributed by atoms with E-state index in [4.69, 9.17) is 4.74 Å². The fourth-order valence-corrected chi connectivity index (χ4v) is 2.97. The standard InChI is InChI=1S/C21H26BrNO4/c1-4-6-10-16(5-2)21(26,20(25)27-3)17-11-9-12-18(15-17)23-19(24)13-7-8-14-22/h4-6,9-12,15,26H,1,7-8,13-14H2,2-3H3,(H,23,24)/b10-6-,16-5+. The van der Waals surface area contributed by atoms with Gasteiger partial charge in [-0.1, -0.05) is 58.9 Å². The van der Waals surface area contributed by atoms with Crippen molar-refractivity contribution in [3.63, 3.8) is 0 Å². The Kier molecular flexibility index (Phi) is 9.75.